The number of ketones is 1. The Balaban J connectivity index is 1.95. The van der Waals surface area contributed by atoms with Crippen molar-refractivity contribution in [1.29, 1.82) is 0 Å². The molecule has 3 atom stereocenters. The van der Waals surface area contributed by atoms with E-state index < -0.39 is 35.6 Å². The minimum atomic E-state index is -1.05. The SMILES string of the molecule is COC(=O)C1CCCCC1C(=O)C(NC(=O)c1cccc(Cl)c1F)c1ccc(Br)cc1. The Kier molecular flexibility index (Phi) is 7.84. The lowest BCUT2D eigenvalue weighted by Gasteiger charge is -2.31. The fourth-order valence-electron chi connectivity index (χ4n) is 3.98. The standard InChI is InChI=1S/C23H22BrClFNO4/c1-31-23(30)16-6-3-2-5-15(16)21(28)20(13-9-11-14(24)12-10-13)27-22(29)17-7-4-8-18(25)19(17)26/h4,7-12,15-16,20H,2-3,5-6H2,1H3,(H,27,29). The number of Topliss-reactive ketones (excluding diaryl/α,β-unsaturated/α-hetero) is 1. The molecule has 164 valence electrons. The molecule has 2 aromatic carbocycles. The second-order valence-electron chi connectivity index (χ2n) is 7.48. The molecule has 1 amide bonds. The maximum Gasteiger partial charge on any atom is 0.309 e. The molecule has 1 aliphatic rings. The number of ether oxygens (including phenoxy) is 1. The summed E-state index contributed by atoms with van der Waals surface area (Å²) < 4.78 is 20.1. The molecule has 3 rings (SSSR count). The number of hydrogen-bond acceptors (Lipinski definition) is 4. The second-order valence-corrected chi connectivity index (χ2v) is 8.81. The van der Waals surface area contributed by atoms with Crippen molar-refractivity contribution >= 4 is 45.2 Å². The lowest BCUT2D eigenvalue weighted by atomic mass is 9.74. The molecule has 5 nitrogen and oxygen atoms in total. The Labute approximate surface area is 193 Å². The Morgan fingerprint density at radius 1 is 1.10 bits per heavy atom. The third kappa shape index (κ3) is 5.33. The monoisotopic (exact) mass is 509 g/mol. The number of nitrogens with one attached hydrogen (secondary N) is 1. The average Bonchev–Trinajstić information content (AvgIpc) is 2.78. The maximum absolute atomic E-state index is 14.4. The summed E-state index contributed by atoms with van der Waals surface area (Å²) in [7, 11) is 1.30. The van der Waals surface area contributed by atoms with Gasteiger partial charge in [-0.05, 0) is 42.7 Å². The first-order chi connectivity index (χ1) is 14.8. The number of amides is 1. The van der Waals surface area contributed by atoms with Crippen molar-refractivity contribution in [2.75, 3.05) is 7.11 Å². The van der Waals surface area contributed by atoms with E-state index in [9.17, 15) is 18.8 Å². The topological polar surface area (TPSA) is 72.5 Å². The number of rotatable bonds is 6. The van der Waals surface area contributed by atoms with Gasteiger partial charge in [0.2, 0.25) is 0 Å². The highest BCUT2D eigenvalue weighted by Gasteiger charge is 2.40. The Morgan fingerprint density at radius 2 is 1.74 bits per heavy atom. The fraction of sp³-hybridized carbons (Fsp3) is 0.348. The molecule has 0 aliphatic heterocycles. The van der Waals surface area contributed by atoms with Gasteiger partial charge in [0.05, 0.1) is 23.6 Å². The summed E-state index contributed by atoms with van der Waals surface area (Å²) in [5, 5.41) is 2.47. The lowest BCUT2D eigenvalue weighted by molar-refractivity contribution is -0.152. The van der Waals surface area contributed by atoms with E-state index in [1.54, 1.807) is 24.3 Å². The Hall–Kier alpha value is -2.25. The summed E-state index contributed by atoms with van der Waals surface area (Å²) in [6, 6.07) is 9.97. The molecular formula is C23H22BrClFNO4. The van der Waals surface area contributed by atoms with Gasteiger partial charge in [-0.1, -0.05) is 58.6 Å². The van der Waals surface area contributed by atoms with Crippen LogP contribution in [0.1, 0.15) is 47.6 Å². The minimum Gasteiger partial charge on any atom is -0.469 e. The molecule has 0 bridgehead atoms. The van der Waals surface area contributed by atoms with Crippen LogP contribution < -0.4 is 5.32 Å². The summed E-state index contributed by atoms with van der Waals surface area (Å²) in [5.74, 6) is -3.50. The number of hydrogen-bond donors (Lipinski definition) is 1. The number of benzene rings is 2. The molecule has 0 heterocycles. The zero-order valence-corrected chi connectivity index (χ0v) is 19.2. The molecule has 1 saturated carbocycles. The van der Waals surface area contributed by atoms with E-state index in [0.717, 1.165) is 17.3 Å². The van der Waals surface area contributed by atoms with Crippen LogP contribution in [0.25, 0.3) is 0 Å². The van der Waals surface area contributed by atoms with Gasteiger partial charge in [0.1, 0.15) is 6.04 Å². The third-order valence-electron chi connectivity index (χ3n) is 5.59. The molecule has 3 unspecified atom stereocenters. The van der Waals surface area contributed by atoms with Crippen LogP contribution in [0.5, 0.6) is 0 Å². The lowest BCUT2D eigenvalue weighted by Crippen LogP contribution is -2.42. The first-order valence-corrected chi connectivity index (χ1v) is 11.1. The van der Waals surface area contributed by atoms with Gasteiger partial charge in [-0.3, -0.25) is 14.4 Å². The van der Waals surface area contributed by atoms with Gasteiger partial charge in [-0.2, -0.15) is 0 Å². The van der Waals surface area contributed by atoms with Gasteiger partial charge in [0.15, 0.2) is 11.6 Å². The average molecular weight is 511 g/mol. The van der Waals surface area contributed by atoms with Crippen LogP contribution in [0.4, 0.5) is 4.39 Å². The zero-order chi connectivity index (χ0) is 22.5. The van der Waals surface area contributed by atoms with E-state index in [1.807, 2.05) is 0 Å². The predicted molar refractivity (Wildman–Crippen MR) is 118 cm³/mol. The van der Waals surface area contributed by atoms with E-state index >= 15 is 0 Å². The van der Waals surface area contributed by atoms with Crippen molar-refractivity contribution in [3.05, 3.63) is 68.9 Å². The van der Waals surface area contributed by atoms with Gasteiger partial charge in [-0.15, -0.1) is 0 Å². The van der Waals surface area contributed by atoms with Gasteiger partial charge >= 0.3 is 5.97 Å². The highest BCUT2D eigenvalue weighted by Crippen LogP contribution is 2.35. The molecular weight excluding hydrogens is 489 g/mol. The van der Waals surface area contributed by atoms with Crippen LogP contribution >= 0.6 is 27.5 Å². The smallest absolute Gasteiger partial charge is 0.309 e. The Morgan fingerprint density at radius 3 is 2.39 bits per heavy atom. The first-order valence-electron chi connectivity index (χ1n) is 9.95. The molecule has 0 saturated heterocycles. The summed E-state index contributed by atoms with van der Waals surface area (Å²) in [6.45, 7) is 0. The number of carbonyl (C=O) groups is 3. The van der Waals surface area contributed by atoms with Crippen LogP contribution in [0.2, 0.25) is 5.02 Å². The molecule has 1 fully saturated rings. The van der Waals surface area contributed by atoms with Gasteiger partial charge < -0.3 is 10.1 Å². The minimum absolute atomic E-state index is 0.183. The number of esters is 1. The van der Waals surface area contributed by atoms with Crippen LogP contribution in [-0.2, 0) is 14.3 Å². The van der Waals surface area contributed by atoms with E-state index in [4.69, 9.17) is 16.3 Å². The van der Waals surface area contributed by atoms with Gasteiger partial charge in [0, 0.05) is 10.4 Å². The van der Waals surface area contributed by atoms with Crippen molar-refractivity contribution in [1.82, 2.24) is 5.32 Å². The van der Waals surface area contributed by atoms with E-state index in [1.165, 1.54) is 25.3 Å². The number of halogens is 3. The third-order valence-corrected chi connectivity index (χ3v) is 6.42. The summed E-state index contributed by atoms with van der Waals surface area (Å²) in [6.07, 6.45) is 2.69. The van der Waals surface area contributed by atoms with E-state index in [-0.39, 0.29) is 16.4 Å². The zero-order valence-electron chi connectivity index (χ0n) is 16.9. The highest BCUT2D eigenvalue weighted by atomic mass is 79.9. The maximum atomic E-state index is 14.4. The van der Waals surface area contributed by atoms with Gasteiger partial charge in [-0.25, -0.2) is 4.39 Å². The molecule has 0 aromatic heterocycles. The Bertz CT molecular complexity index is 982. The van der Waals surface area contributed by atoms with E-state index in [2.05, 4.69) is 21.2 Å². The summed E-state index contributed by atoms with van der Waals surface area (Å²) >= 11 is 9.16. The highest BCUT2D eigenvalue weighted by molar-refractivity contribution is 9.10. The molecule has 8 heteroatoms. The van der Waals surface area contributed by atoms with Crippen molar-refractivity contribution in [3.63, 3.8) is 0 Å². The normalized spacial score (nSPS) is 19.4. The fourth-order valence-corrected chi connectivity index (χ4v) is 4.42. The van der Waals surface area contributed by atoms with Crippen molar-refractivity contribution in [2.45, 2.75) is 31.7 Å². The molecule has 1 aliphatic carbocycles. The molecule has 0 radical (unpaired) electrons. The van der Waals surface area contributed by atoms with Crippen molar-refractivity contribution < 1.29 is 23.5 Å². The van der Waals surface area contributed by atoms with E-state index in [0.29, 0.717) is 18.4 Å². The van der Waals surface area contributed by atoms with Crippen LogP contribution in [0.15, 0.2) is 46.9 Å². The second kappa shape index (κ2) is 10.4. The first kappa shape index (κ1) is 23.4. The van der Waals surface area contributed by atoms with Crippen molar-refractivity contribution in [2.24, 2.45) is 11.8 Å². The molecule has 0 spiro atoms. The van der Waals surface area contributed by atoms with Gasteiger partial charge in [0.25, 0.3) is 5.91 Å². The van der Waals surface area contributed by atoms with Crippen LogP contribution in [-0.4, -0.2) is 24.8 Å². The quantitative estimate of drug-likeness (QED) is 0.538. The van der Waals surface area contributed by atoms with Crippen LogP contribution in [0, 0.1) is 17.7 Å². The largest absolute Gasteiger partial charge is 0.469 e. The van der Waals surface area contributed by atoms with Crippen LogP contribution in [0.3, 0.4) is 0 Å². The summed E-state index contributed by atoms with van der Waals surface area (Å²) in [4.78, 5) is 38.7. The summed E-state index contributed by atoms with van der Waals surface area (Å²) in [5.41, 5.74) is 0.286. The predicted octanol–water partition coefficient (Wildman–Crippen LogP) is 5.26. The molecule has 31 heavy (non-hydrogen) atoms. The molecule has 2 aromatic rings. The van der Waals surface area contributed by atoms with Crippen molar-refractivity contribution in [3.8, 4) is 0 Å². The molecule has 1 N–H and O–H groups in total. The number of carbonyl (C=O) groups excluding carboxylic acids is 3. The number of methoxy groups -OCH3 is 1.